The number of nitrogens with zero attached hydrogens (tertiary/aromatic N) is 1. The van der Waals surface area contributed by atoms with Gasteiger partial charge in [0, 0.05) is 25.5 Å². The normalized spacial score (nSPS) is 25.2. The molecular weight excluding hydrogens is 228 g/mol. The van der Waals surface area contributed by atoms with Crippen molar-refractivity contribution in [2.45, 2.75) is 18.6 Å². The van der Waals surface area contributed by atoms with E-state index in [4.69, 9.17) is 17.3 Å². The van der Waals surface area contributed by atoms with Crippen molar-refractivity contribution in [1.29, 1.82) is 0 Å². The lowest BCUT2D eigenvalue weighted by Crippen LogP contribution is -2.40. The summed E-state index contributed by atoms with van der Waals surface area (Å²) in [6, 6.07) is 4.92. The Hall–Kier alpha value is -1.26. The maximum atomic E-state index is 11.4. The average molecular weight is 241 g/mol. The number of rotatable bonds is 1. The van der Waals surface area contributed by atoms with Crippen LogP contribution in [0.3, 0.4) is 0 Å². The zero-order valence-electron chi connectivity index (χ0n) is 8.90. The molecule has 1 fully saturated rings. The molecule has 1 heterocycles. The van der Waals surface area contributed by atoms with Crippen LogP contribution in [0.4, 0.5) is 5.69 Å². The van der Waals surface area contributed by atoms with E-state index in [-0.39, 0.29) is 5.91 Å². The van der Waals surface area contributed by atoms with Gasteiger partial charge < -0.3 is 15.7 Å². The fourth-order valence-electron chi connectivity index (χ4n) is 1.95. The largest absolute Gasteiger partial charge is 0.398 e. The molecule has 1 aliphatic heterocycles. The van der Waals surface area contributed by atoms with E-state index in [1.165, 1.54) is 4.90 Å². The highest BCUT2D eigenvalue weighted by Gasteiger charge is 2.42. The number of halogens is 1. The first kappa shape index (κ1) is 11.2. The predicted octanol–water partition coefficient (Wildman–Crippen LogP) is 1.32. The van der Waals surface area contributed by atoms with E-state index >= 15 is 0 Å². The molecule has 1 saturated heterocycles. The van der Waals surface area contributed by atoms with Crippen LogP contribution in [0.5, 0.6) is 0 Å². The zero-order valence-corrected chi connectivity index (χ0v) is 9.66. The molecule has 2 rings (SSSR count). The summed E-state index contributed by atoms with van der Waals surface area (Å²) in [7, 11) is 1.58. The fourth-order valence-corrected chi connectivity index (χ4v) is 2.07. The van der Waals surface area contributed by atoms with Gasteiger partial charge in [0.15, 0.2) is 5.72 Å². The van der Waals surface area contributed by atoms with E-state index in [1.54, 1.807) is 25.2 Å². The maximum Gasteiger partial charge on any atom is 0.225 e. The third-order valence-corrected chi connectivity index (χ3v) is 3.42. The maximum absolute atomic E-state index is 11.4. The summed E-state index contributed by atoms with van der Waals surface area (Å²) in [5, 5.41) is 10.9. The van der Waals surface area contributed by atoms with Gasteiger partial charge in [0.2, 0.25) is 5.91 Å². The smallest absolute Gasteiger partial charge is 0.225 e. The number of hydrogen-bond acceptors (Lipinski definition) is 3. The van der Waals surface area contributed by atoms with Crippen LogP contribution in [0.15, 0.2) is 18.2 Å². The molecule has 1 atom stereocenters. The molecule has 1 aromatic carbocycles. The molecule has 1 amide bonds. The summed E-state index contributed by atoms with van der Waals surface area (Å²) in [6.07, 6.45) is 0.721. The minimum Gasteiger partial charge on any atom is -0.398 e. The van der Waals surface area contributed by atoms with Crippen molar-refractivity contribution < 1.29 is 9.90 Å². The topological polar surface area (TPSA) is 66.6 Å². The second-order valence-electron chi connectivity index (χ2n) is 4.01. The zero-order chi connectivity index (χ0) is 11.9. The highest BCUT2D eigenvalue weighted by molar-refractivity contribution is 6.33. The molecular formula is C11H13ClN2O2. The van der Waals surface area contributed by atoms with Crippen LogP contribution >= 0.6 is 11.6 Å². The van der Waals surface area contributed by atoms with Gasteiger partial charge in [-0.3, -0.25) is 4.79 Å². The van der Waals surface area contributed by atoms with E-state index in [2.05, 4.69) is 0 Å². The Labute approximate surface area is 98.6 Å². The summed E-state index contributed by atoms with van der Waals surface area (Å²) in [5.41, 5.74) is 5.43. The van der Waals surface area contributed by atoms with Gasteiger partial charge in [-0.05, 0) is 12.1 Å². The van der Waals surface area contributed by atoms with Crippen LogP contribution in [0.1, 0.15) is 18.4 Å². The monoisotopic (exact) mass is 240 g/mol. The van der Waals surface area contributed by atoms with Gasteiger partial charge in [-0.1, -0.05) is 17.7 Å². The molecule has 0 radical (unpaired) electrons. The number of nitrogen functional groups attached to an aromatic ring is 1. The third-order valence-electron chi connectivity index (χ3n) is 3.07. The number of benzene rings is 1. The number of amides is 1. The molecule has 0 bridgehead atoms. The molecule has 16 heavy (non-hydrogen) atoms. The summed E-state index contributed by atoms with van der Waals surface area (Å²) in [4.78, 5) is 12.8. The van der Waals surface area contributed by atoms with Crippen LogP contribution in [-0.4, -0.2) is 23.0 Å². The first-order chi connectivity index (χ1) is 7.45. The van der Waals surface area contributed by atoms with Crippen molar-refractivity contribution in [3.63, 3.8) is 0 Å². The molecule has 0 aliphatic carbocycles. The molecule has 0 saturated carbocycles. The lowest BCUT2D eigenvalue weighted by Gasteiger charge is -2.31. The molecule has 0 aromatic heterocycles. The van der Waals surface area contributed by atoms with Crippen LogP contribution in [0, 0.1) is 0 Å². The minimum absolute atomic E-state index is 0.0731. The van der Waals surface area contributed by atoms with Gasteiger partial charge in [-0.15, -0.1) is 0 Å². The number of carbonyl (C=O) groups is 1. The third kappa shape index (κ3) is 1.54. The minimum atomic E-state index is -1.25. The van der Waals surface area contributed by atoms with E-state index in [0.29, 0.717) is 29.1 Å². The lowest BCUT2D eigenvalue weighted by molar-refractivity contribution is -0.142. The van der Waals surface area contributed by atoms with E-state index in [1.807, 2.05) is 0 Å². The Morgan fingerprint density at radius 2 is 2.25 bits per heavy atom. The van der Waals surface area contributed by atoms with Gasteiger partial charge in [0.05, 0.1) is 10.7 Å². The molecule has 3 N–H and O–H groups in total. The Morgan fingerprint density at radius 3 is 2.75 bits per heavy atom. The van der Waals surface area contributed by atoms with Gasteiger partial charge >= 0.3 is 0 Å². The Morgan fingerprint density at radius 1 is 1.56 bits per heavy atom. The Kier molecular flexibility index (Phi) is 2.56. The Balaban J connectivity index is 2.44. The number of nitrogens with two attached hydrogens (primary N) is 1. The second-order valence-corrected chi connectivity index (χ2v) is 4.41. The van der Waals surface area contributed by atoms with Crippen LogP contribution in [0.25, 0.3) is 0 Å². The predicted molar refractivity (Wildman–Crippen MR) is 61.8 cm³/mol. The van der Waals surface area contributed by atoms with Gasteiger partial charge in [0.25, 0.3) is 0 Å². The Bertz CT molecular complexity index is 450. The number of anilines is 1. The molecule has 1 aliphatic rings. The standard InChI is InChI=1S/C11H13ClN2O2/c1-14-10(15)4-5-11(14,16)7-2-3-8(12)9(13)6-7/h2-3,6,16H,4-5,13H2,1H3. The summed E-state index contributed by atoms with van der Waals surface area (Å²) in [5.74, 6) is -0.0731. The van der Waals surface area contributed by atoms with E-state index < -0.39 is 5.72 Å². The van der Waals surface area contributed by atoms with Crippen LogP contribution in [-0.2, 0) is 10.5 Å². The molecule has 1 aromatic rings. The second kappa shape index (κ2) is 3.64. The number of likely N-dealkylation sites (tertiary alicyclic amines) is 1. The van der Waals surface area contributed by atoms with E-state index in [9.17, 15) is 9.90 Å². The number of aliphatic hydroxyl groups is 1. The van der Waals surface area contributed by atoms with Crippen molar-refractivity contribution in [3.05, 3.63) is 28.8 Å². The molecule has 0 spiro atoms. The van der Waals surface area contributed by atoms with Gasteiger partial charge in [0.1, 0.15) is 0 Å². The molecule has 86 valence electrons. The summed E-state index contributed by atoms with van der Waals surface area (Å²) in [6.45, 7) is 0. The fraction of sp³-hybridized carbons (Fsp3) is 0.364. The quantitative estimate of drug-likeness (QED) is 0.728. The van der Waals surface area contributed by atoms with Crippen molar-refractivity contribution >= 4 is 23.2 Å². The van der Waals surface area contributed by atoms with Crippen molar-refractivity contribution in [3.8, 4) is 0 Å². The van der Waals surface area contributed by atoms with Crippen LogP contribution < -0.4 is 5.73 Å². The summed E-state index contributed by atoms with van der Waals surface area (Å²) >= 11 is 5.81. The highest BCUT2D eigenvalue weighted by atomic mass is 35.5. The van der Waals surface area contributed by atoms with Gasteiger partial charge in [-0.25, -0.2) is 0 Å². The molecule has 1 unspecified atom stereocenters. The summed E-state index contributed by atoms with van der Waals surface area (Å²) < 4.78 is 0. The number of hydrogen-bond donors (Lipinski definition) is 2. The molecule has 4 nitrogen and oxygen atoms in total. The highest BCUT2D eigenvalue weighted by Crippen LogP contribution is 2.37. The van der Waals surface area contributed by atoms with Crippen LogP contribution in [0.2, 0.25) is 5.02 Å². The van der Waals surface area contributed by atoms with E-state index in [0.717, 1.165) is 0 Å². The van der Waals surface area contributed by atoms with Crippen molar-refractivity contribution in [1.82, 2.24) is 4.90 Å². The van der Waals surface area contributed by atoms with Crippen molar-refractivity contribution in [2.75, 3.05) is 12.8 Å². The first-order valence-corrected chi connectivity index (χ1v) is 5.37. The average Bonchev–Trinajstić information content (AvgIpc) is 2.52. The van der Waals surface area contributed by atoms with Crippen molar-refractivity contribution in [2.24, 2.45) is 0 Å². The SMILES string of the molecule is CN1C(=O)CCC1(O)c1ccc(Cl)c(N)c1. The van der Waals surface area contributed by atoms with Gasteiger partial charge in [-0.2, -0.15) is 0 Å². The first-order valence-electron chi connectivity index (χ1n) is 4.99. The number of carbonyl (C=O) groups excluding carboxylic acids is 1. The lowest BCUT2D eigenvalue weighted by atomic mass is 10.00. The molecule has 5 heteroatoms.